The first-order chi connectivity index (χ1) is 18.3. The van der Waals surface area contributed by atoms with Crippen LogP contribution in [0.1, 0.15) is 75.0 Å². The Bertz CT molecular complexity index is 1490. The van der Waals surface area contributed by atoms with Gasteiger partial charge in [-0.1, -0.05) is 18.2 Å². The minimum Gasteiger partial charge on any atom is -0.508 e. The topological polar surface area (TPSA) is 251 Å². The van der Waals surface area contributed by atoms with Gasteiger partial charge in [-0.2, -0.15) is 0 Å². The number of phenols is 4. The number of amides is 2. The van der Waals surface area contributed by atoms with E-state index in [1.807, 2.05) is 0 Å². The Morgan fingerprint density at radius 2 is 0.923 bits per heavy atom. The van der Waals surface area contributed by atoms with Gasteiger partial charge in [0.2, 0.25) is 0 Å². The van der Waals surface area contributed by atoms with E-state index >= 15 is 0 Å². The van der Waals surface area contributed by atoms with Crippen LogP contribution in [0.5, 0.6) is 23.0 Å². The van der Waals surface area contributed by atoms with Crippen molar-refractivity contribution >= 4 is 29.7 Å². The van der Waals surface area contributed by atoms with Gasteiger partial charge in [-0.25, -0.2) is 14.4 Å². The quantitative estimate of drug-likeness (QED) is 0.194. The fourth-order valence-corrected chi connectivity index (χ4v) is 4.38. The van der Waals surface area contributed by atoms with Crippen LogP contribution in [0.15, 0.2) is 42.5 Å². The van der Waals surface area contributed by atoms with Gasteiger partial charge in [-0.3, -0.25) is 9.59 Å². The number of carbonyl (C=O) groups is 5. The van der Waals surface area contributed by atoms with Crippen molar-refractivity contribution in [3.8, 4) is 23.0 Å². The molecule has 9 N–H and O–H groups in total. The maximum absolute atomic E-state index is 13.1. The summed E-state index contributed by atoms with van der Waals surface area (Å²) in [5.74, 6) is -10.3. The first kappa shape index (κ1) is 26.3. The number of phenolic OH excluding ortho intramolecular Hbond substituents is 2. The Hall–Kier alpha value is -5.79. The van der Waals surface area contributed by atoms with Crippen LogP contribution in [0, 0.1) is 0 Å². The van der Waals surface area contributed by atoms with Gasteiger partial charge in [0, 0.05) is 0 Å². The molecule has 14 heteroatoms. The number of aromatic hydroxyl groups is 4. The summed E-state index contributed by atoms with van der Waals surface area (Å²) >= 11 is 0. The molecule has 39 heavy (non-hydrogen) atoms. The van der Waals surface area contributed by atoms with E-state index in [2.05, 4.69) is 10.6 Å². The average Bonchev–Trinajstić information content (AvgIpc) is 3.03. The highest BCUT2D eigenvalue weighted by molar-refractivity contribution is 6.04. The second-order valence-corrected chi connectivity index (χ2v) is 8.41. The van der Waals surface area contributed by atoms with E-state index in [0.717, 1.165) is 12.1 Å². The molecule has 1 aliphatic carbocycles. The number of carboxylic acids is 3. The standard InChI is InChI=1S/C25H18N2O12/c28-8-4-12(19(30)14(6-8)23(34)35)21(32)26-17-10-2-1-3-11(16(10)25(38)39)18(17)27-22(33)13-5-9(29)7-15(20(13)31)24(36)37/h1-7,17-18,28-31H,(H,26,32)(H,27,33)(H,34,35)(H,36,37)(H,38,39). The minimum absolute atomic E-state index is 0.0168. The van der Waals surface area contributed by atoms with Crippen molar-refractivity contribution in [2.45, 2.75) is 12.1 Å². The minimum atomic E-state index is -1.64. The second-order valence-electron chi connectivity index (χ2n) is 8.41. The van der Waals surface area contributed by atoms with Crippen molar-refractivity contribution in [3.05, 3.63) is 81.4 Å². The van der Waals surface area contributed by atoms with Crippen LogP contribution >= 0.6 is 0 Å². The predicted molar refractivity (Wildman–Crippen MR) is 127 cm³/mol. The van der Waals surface area contributed by atoms with Crippen molar-refractivity contribution in [1.29, 1.82) is 0 Å². The van der Waals surface area contributed by atoms with Crippen molar-refractivity contribution in [1.82, 2.24) is 10.6 Å². The largest absolute Gasteiger partial charge is 0.508 e. The molecule has 2 unspecified atom stereocenters. The average molecular weight is 538 g/mol. The molecule has 0 aromatic heterocycles. The monoisotopic (exact) mass is 538 g/mol. The number of carboxylic acid groups (broad SMARTS) is 3. The van der Waals surface area contributed by atoms with Gasteiger partial charge in [0.15, 0.2) is 0 Å². The smallest absolute Gasteiger partial charge is 0.339 e. The number of fused-ring (bicyclic) bond motifs is 2. The molecule has 0 saturated carbocycles. The molecule has 200 valence electrons. The van der Waals surface area contributed by atoms with Gasteiger partial charge in [0.1, 0.15) is 34.1 Å². The summed E-state index contributed by atoms with van der Waals surface area (Å²) in [7, 11) is 0. The molecule has 0 radical (unpaired) electrons. The molecule has 3 aromatic rings. The van der Waals surface area contributed by atoms with E-state index < -0.39 is 87.1 Å². The highest BCUT2D eigenvalue weighted by Crippen LogP contribution is 2.42. The molecule has 2 atom stereocenters. The normalized spacial score (nSPS) is 15.4. The van der Waals surface area contributed by atoms with Crippen LogP contribution < -0.4 is 10.6 Å². The number of hydrogen-bond acceptors (Lipinski definition) is 9. The second kappa shape index (κ2) is 9.59. The lowest BCUT2D eigenvalue weighted by atomic mass is 10.0. The molecule has 0 aliphatic heterocycles. The first-order valence-corrected chi connectivity index (χ1v) is 10.9. The molecule has 14 nitrogen and oxygen atoms in total. The Kier molecular flexibility index (Phi) is 6.46. The van der Waals surface area contributed by atoms with Gasteiger partial charge < -0.3 is 46.4 Å². The molecule has 0 saturated heterocycles. The van der Waals surface area contributed by atoms with Crippen LogP contribution in [0.25, 0.3) is 0 Å². The maximum Gasteiger partial charge on any atom is 0.339 e. The number of rotatable bonds is 7. The van der Waals surface area contributed by atoms with Crippen molar-refractivity contribution in [3.63, 3.8) is 0 Å². The third-order valence-electron chi connectivity index (χ3n) is 6.06. The lowest BCUT2D eigenvalue weighted by Crippen LogP contribution is -2.38. The lowest BCUT2D eigenvalue weighted by molar-refractivity contribution is 0.0681. The first-order valence-electron chi connectivity index (χ1n) is 10.9. The summed E-state index contributed by atoms with van der Waals surface area (Å²) in [6.45, 7) is 0. The van der Waals surface area contributed by atoms with E-state index in [9.17, 15) is 59.7 Å². The SMILES string of the molecule is O=C(O)c1cc(O)cc(C(=O)NC2c3cccc(c3C(=O)O)C2NC(=O)c2cc(O)cc(C(=O)O)c2O)c1O. The molecule has 0 spiro atoms. The zero-order valence-corrected chi connectivity index (χ0v) is 19.4. The number of benzene rings is 3. The van der Waals surface area contributed by atoms with Crippen LogP contribution in [-0.4, -0.2) is 65.5 Å². The Labute approximate surface area is 217 Å². The molecular formula is C25H18N2O12. The fraction of sp³-hybridized carbons (Fsp3) is 0.0800. The van der Waals surface area contributed by atoms with Crippen LogP contribution in [0.3, 0.4) is 0 Å². The summed E-state index contributed by atoms with van der Waals surface area (Å²) in [5.41, 5.74) is -3.14. The number of hydrogen-bond donors (Lipinski definition) is 9. The lowest BCUT2D eigenvalue weighted by Gasteiger charge is -2.24. The fourth-order valence-electron chi connectivity index (χ4n) is 4.38. The third-order valence-corrected chi connectivity index (χ3v) is 6.06. The number of carbonyl (C=O) groups excluding carboxylic acids is 2. The van der Waals surface area contributed by atoms with Crippen molar-refractivity contribution < 1.29 is 59.7 Å². The zero-order valence-electron chi connectivity index (χ0n) is 19.4. The van der Waals surface area contributed by atoms with E-state index in [4.69, 9.17) is 0 Å². The molecule has 1 aliphatic rings. The van der Waals surface area contributed by atoms with E-state index in [1.165, 1.54) is 18.2 Å². The molecule has 4 rings (SSSR count). The number of nitrogens with one attached hydrogen (secondary N) is 2. The Morgan fingerprint density at radius 1 is 0.564 bits per heavy atom. The number of aromatic carboxylic acids is 3. The Morgan fingerprint density at radius 3 is 1.26 bits per heavy atom. The van der Waals surface area contributed by atoms with Crippen LogP contribution in [0.2, 0.25) is 0 Å². The van der Waals surface area contributed by atoms with Gasteiger partial charge in [0.05, 0.1) is 28.8 Å². The highest BCUT2D eigenvalue weighted by Gasteiger charge is 2.41. The van der Waals surface area contributed by atoms with Gasteiger partial charge in [0.25, 0.3) is 11.8 Å². The van der Waals surface area contributed by atoms with Crippen molar-refractivity contribution in [2.24, 2.45) is 0 Å². The summed E-state index contributed by atoms with van der Waals surface area (Å²) in [5, 5.41) is 73.3. The van der Waals surface area contributed by atoms with E-state index in [0.29, 0.717) is 12.1 Å². The summed E-state index contributed by atoms with van der Waals surface area (Å²) in [6, 6.07) is 4.45. The summed E-state index contributed by atoms with van der Waals surface area (Å²) < 4.78 is 0. The zero-order chi connectivity index (χ0) is 28.8. The summed E-state index contributed by atoms with van der Waals surface area (Å²) in [6.07, 6.45) is 0. The highest BCUT2D eigenvalue weighted by atomic mass is 16.4. The van der Waals surface area contributed by atoms with E-state index in [1.54, 1.807) is 0 Å². The molecule has 0 fully saturated rings. The molecular weight excluding hydrogens is 520 g/mol. The van der Waals surface area contributed by atoms with Crippen LogP contribution in [-0.2, 0) is 0 Å². The van der Waals surface area contributed by atoms with Gasteiger partial charge in [-0.05, 0) is 35.4 Å². The Balaban J connectivity index is 1.75. The molecule has 2 amide bonds. The molecule has 0 heterocycles. The third kappa shape index (κ3) is 4.57. The molecule has 2 bridgehead atoms. The molecule has 3 aromatic carbocycles. The predicted octanol–water partition coefficient (Wildman–Crippen LogP) is 1.56. The van der Waals surface area contributed by atoms with Gasteiger partial charge >= 0.3 is 17.9 Å². The van der Waals surface area contributed by atoms with Crippen molar-refractivity contribution in [2.75, 3.05) is 0 Å². The summed E-state index contributed by atoms with van der Waals surface area (Å²) in [4.78, 5) is 61.0. The van der Waals surface area contributed by atoms with Crippen LogP contribution in [0.4, 0.5) is 0 Å². The maximum atomic E-state index is 13.1. The van der Waals surface area contributed by atoms with Gasteiger partial charge in [-0.15, -0.1) is 0 Å². The van der Waals surface area contributed by atoms with E-state index in [-0.39, 0.29) is 16.7 Å².